The van der Waals surface area contributed by atoms with Gasteiger partial charge in [0.2, 0.25) is 15.9 Å². The summed E-state index contributed by atoms with van der Waals surface area (Å²) >= 11 is 0. The molecule has 0 saturated carbocycles. The van der Waals surface area contributed by atoms with Crippen LogP contribution in [0.1, 0.15) is 12.8 Å². The van der Waals surface area contributed by atoms with Crippen molar-refractivity contribution in [2.75, 3.05) is 13.1 Å². The Hall–Kier alpha value is -1.73. The standard InChI is InChI=1S/C14H17FN2O3S/c1-2-14(18)17-9-7-12(8-10-17)16-21(19,20)13-5-3-11(15)4-6-13/h2-6,12,16H,1,7-10H2. The van der Waals surface area contributed by atoms with Gasteiger partial charge in [-0.15, -0.1) is 0 Å². The molecule has 1 aliphatic heterocycles. The van der Waals surface area contributed by atoms with Crippen molar-refractivity contribution in [1.29, 1.82) is 0 Å². The quantitative estimate of drug-likeness (QED) is 0.852. The first kappa shape index (κ1) is 15.7. The SMILES string of the molecule is C=CC(=O)N1CCC(NS(=O)(=O)c2ccc(F)cc2)CC1. The van der Waals surface area contributed by atoms with Crippen molar-refractivity contribution >= 4 is 15.9 Å². The Labute approximate surface area is 123 Å². The van der Waals surface area contributed by atoms with Gasteiger partial charge in [-0.05, 0) is 43.2 Å². The number of carbonyl (C=O) groups excluding carboxylic acids is 1. The third kappa shape index (κ3) is 3.89. The zero-order chi connectivity index (χ0) is 15.5. The lowest BCUT2D eigenvalue weighted by atomic mass is 10.1. The molecule has 7 heteroatoms. The fraction of sp³-hybridized carbons (Fsp3) is 0.357. The average Bonchev–Trinajstić information content (AvgIpc) is 2.47. The van der Waals surface area contributed by atoms with Crippen LogP contribution in [0.4, 0.5) is 4.39 Å². The highest BCUT2D eigenvalue weighted by atomic mass is 32.2. The Morgan fingerprint density at radius 3 is 2.38 bits per heavy atom. The molecule has 1 aliphatic rings. The smallest absolute Gasteiger partial charge is 0.245 e. The highest BCUT2D eigenvalue weighted by molar-refractivity contribution is 7.89. The third-order valence-corrected chi connectivity index (χ3v) is 4.96. The van der Waals surface area contributed by atoms with Gasteiger partial charge in [0.25, 0.3) is 0 Å². The lowest BCUT2D eigenvalue weighted by Gasteiger charge is -2.31. The van der Waals surface area contributed by atoms with Crippen molar-refractivity contribution < 1.29 is 17.6 Å². The first-order chi connectivity index (χ1) is 9.92. The second-order valence-electron chi connectivity index (χ2n) is 4.88. The summed E-state index contributed by atoms with van der Waals surface area (Å²) in [7, 11) is -3.66. The van der Waals surface area contributed by atoms with Crippen molar-refractivity contribution in [2.45, 2.75) is 23.8 Å². The van der Waals surface area contributed by atoms with Crippen LogP contribution in [-0.2, 0) is 14.8 Å². The largest absolute Gasteiger partial charge is 0.339 e. The van der Waals surface area contributed by atoms with Crippen molar-refractivity contribution in [1.82, 2.24) is 9.62 Å². The van der Waals surface area contributed by atoms with Gasteiger partial charge in [-0.2, -0.15) is 0 Å². The number of benzene rings is 1. The normalized spacial score (nSPS) is 16.7. The molecule has 1 aromatic rings. The molecule has 2 rings (SSSR count). The molecule has 1 amide bonds. The Balaban J connectivity index is 1.98. The molecule has 0 unspecified atom stereocenters. The Morgan fingerprint density at radius 2 is 1.86 bits per heavy atom. The summed E-state index contributed by atoms with van der Waals surface area (Å²) in [5.74, 6) is -0.625. The molecular formula is C14H17FN2O3S. The van der Waals surface area contributed by atoms with E-state index in [0.717, 1.165) is 12.1 Å². The van der Waals surface area contributed by atoms with Gasteiger partial charge in [0.15, 0.2) is 0 Å². The summed E-state index contributed by atoms with van der Waals surface area (Å²) < 4.78 is 39.7. The van der Waals surface area contributed by atoms with Crippen LogP contribution in [-0.4, -0.2) is 38.4 Å². The second kappa shape index (κ2) is 6.36. The molecule has 0 spiro atoms. The van der Waals surface area contributed by atoms with Gasteiger partial charge in [-0.25, -0.2) is 17.5 Å². The zero-order valence-electron chi connectivity index (χ0n) is 11.5. The van der Waals surface area contributed by atoms with Crippen LogP contribution >= 0.6 is 0 Å². The fourth-order valence-electron chi connectivity index (χ4n) is 2.25. The number of piperidine rings is 1. The Morgan fingerprint density at radius 1 is 1.29 bits per heavy atom. The van der Waals surface area contributed by atoms with Gasteiger partial charge >= 0.3 is 0 Å². The molecule has 1 fully saturated rings. The second-order valence-corrected chi connectivity index (χ2v) is 6.59. The Kier molecular flexibility index (Phi) is 4.74. The molecule has 1 aromatic carbocycles. The first-order valence-electron chi connectivity index (χ1n) is 6.61. The molecule has 21 heavy (non-hydrogen) atoms. The lowest BCUT2D eigenvalue weighted by molar-refractivity contribution is -0.127. The molecule has 0 bridgehead atoms. The highest BCUT2D eigenvalue weighted by Crippen LogP contribution is 2.15. The van der Waals surface area contributed by atoms with E-state index in [2.05, 4.69) is 11.3 Å². The summed E-state index contributed by atoms with van der Waals surface area (Å²) in [5.41, 5.74) is 0. The molecule has 5 nitrogen and oxygen atoms in total. The van der Waals surface area contributed by atoms with E-state index in [-0.39, 0.29) is 16.8 Å². The minimum atomic E-state index is -3.66. The number of nitrogens with one attached hydrogen (secondary N) is 1. The number of amides is 1. The van der Waals surface area contributed by atoms with Crippen LogP contribution in [0.3, 0.4) is 0 Å². The molecule has 114 valence electrons. The van der Waals surface area contributed by atoms with Crippen LogP contribution in [0.15, 0.2) is 41.8 Å². The lowest BCUT2D eigenvalue weighted by Crippen LogP contribution is -2.46. The fourth-order valence-corrected chi connectivity index (χ4v) is 3.55. The minimum absolute atomic E-state index is 0.0356. The predicted molar refractivity (Wildman–Crippen MR) is 76.5 cm³/mol. The van der Waals surface area contributed by atoms with Crippen molar-refractivity contribution in [3.63, 3.8) is 0 Å². The van der Waals surface area contributed by atoms with E-state index in [1.54, 1.807) is 4.90 Å². The zero-order valence-corrected chi connectivity index (χ0v) is 12.3. The summed E-state index contributed by atoms with van der Waals surface area (Å²) in [6.45, 7) is 4.40. The Bertz CT molecular complexity index is 620. The summed E-state index contributed by atoms with van der Waals surface area (Å²) in [4.78, 5) is 13.1. The van der Waals surface area contributed by atoms with Crippen LogP contribution in [0.2, 0.25) is 0 Å². The van der Waals surface area contributed by atoms with Crippen LogP contribution in [0.5, 0.6) is 0 Å². The predicted octanol–water partition coefficient (Wildman–Crippen LogP) is 1.28. The maximum absolute atomic E-state index is 12.8. The van der Waals surface area contributed by atoms with Gasteiger partial charge in [0.1, 0.15) is 5.82 Å². The van der Waals surface area contributed by atoms with Crippen LogP contribution in [0.25, 0.3) is 0 Å². The molecule has 0 radical (unpaired) electrons. The van der Waals surface area contributed by atoms with Crippen molar-refractivity contribution in [3.05, 3.63) is 42.7 Å². The highest BCUT2D eigenvalue weighted by Gasteiger charge is 2.25. The molecule has 1 N–H and O–H groups in total. The van der Waals surface area contributed by atoms with E-state index in [9.17, 15) is 17.6 Å². The van der Waals surface area contributed by atoms with E-state index in [1.807, 2.05) is 0 Å². The topological polar surface area (TPSA) is 66.5 Å². The number of carbonyl (C=O) groups is 1. The summed E-state index contributed by atoms with van der Waals surface area (Å²) in [5, 5.41) is 0. The van der Waals surface area contributed by atoms with E-state index >= 15 is 0 Å². The van der Waals surface area contributed by atoms with Crippen LogP contribution < -0.4 is 4.72 Å². The van der Waals surface area contributed by atoms with Crippen molar-refractivity contribution in [2.24, 2.45) is 0 Å². The van der Waals surface area contributed by atoms with E-state index in [4.69, 9.17) is 0 Å². The molecule has 0 aromatic heterocycles. The molecular weight excluding hydrogens is 295 g/mol. The maximum Gasteiger partial charge on any atom is 0.245 e. The van der Waals surface area contributed by atoms with Crippen molar-refractivity contribution in [3.8, 4) is 0 Å². The number of sulfonamides is 1. The number of likely N-dealkylation sites (tertiary alicyclic amines) is 1. The van der Waals surface area contributed by atoms with Gasteiger partial charge in [-0.1, -0.05) is 6.58 Å². The van der Waals surface area contributed by atoms with Gasteiger partial charge in [0, 0.05) is 19.1 Å². The number of halogens is 1. The summed E-state index contributed by atoms with van der Waals surface area (Å²) in [6.07, 6.45) is 2.34. The van der Waals surface area contributed by atoms with Crippen LogP contribution in [0, 0.1) is 5.82 Å². The third-order valence-electron chi connectivity index (χ3n) is 3.43. The van der Waals surface area contributed by atoms with E-state index < -0.39 is 15.8 Å². The van der Waals surface area contributed by atoms with E-state index in [1.165, 1.54) is 18.2 Å². The van der Waals surface area contributed by atoms with E-state index in [0.29, 0.717) is 25.9 Å². The van der Waals surface area contributed by atoms with Gasteiger partial charge in [-0.3, -0.25) is 4.79 Å². The molecule has 1 heterocycles. The monoisotopic (exact) mass is 312 g/mol. The first-order valence-corrected chi connectivity index (χ1v) is 8.10. The minimum Gasteiger partial charge on any atom is -0.339 e. The number of hydrogen-bond acceptors (Lipinski definition) is 3. The molecule has 0 aliphatic carbocycles. The number of rotatable bonds is 4. The average molecular weight is 312 g/mol. The molecule has 1 saturated heterocycles. The van der Waals surface area contributed by atoms with Gasteiger partial charge in [0.05, 0.1) is 4.90 Å². The number of hydrogen-bond donors (Lipinski definition) is 1. The summed E-state index contributed by atoms with van der Waals surface area (Å²) in [6, 6.07) is 4.45. The maximum atomic E-state index is 12.8. The molecule has 0 atom stereocenters. The van der Waals surface area contributed by atoms with Gasteiger partial charge < -0.3 is 4.90 Å². The number of nitrogens with zero attached hydrogens (tertiary/aromatic N) is 1.